The molecule has 0 heterocycles. The molecule has 0 unspecified atom stereocenters. The summed E-state index contributed by atoms with van der Waals surface area (Å²) in [6.07, 6.45) is -0.285. The number of halogens is 5. The predicted molar refractivity (Wildman–Crippen MR) is 95.5 cm³/mol. The molecule has 2 rings (SSSR count). The predicted octanol–water partition coefficient (Wildman–Crippen LogP) is 2.65. The summed E-state index contributed by atoms with van der Waals surface area (Å²) in [5.41, 5.74) is -5.99. The van der Waals surface area contributed by atoms with Gasteiger partial charge in [0.15, 0.2) is 0 Å². The molecular formula is C16H19F5N2O4S2. The Morgan fingerprint density at radius 1 is 1.14 bits per heavy atom. The molecule has 1 fully saturated rings. The number of alkyl halides is 3. The number of nitrogens with one attached hydrogen (secondary N) is 2. The highest BCUT2D eigenvalue weighted by atomic mass is 32.2. The van der Waals surface area contributed by atoms with Crippen LogP contribution in [0.15, 0.2) is 30.9 Å². The molecule has 0 spiro atoms. The van der Waals surface area contributed by atoms with Gasteiger partial charge in [-0.05, 0) is 43.9 Å². The van der Waals surface area contributed by atoms with Crippen molar-refractivity contribution in [3.05, 3.63) is 48.1 Å². The van der Waals surface area contributed by atoms with Crippen LogP contribution in [-0.4, -0.2) is 34.9 Å². The van der Waals surface area contributed by atoms with E-state index in [9.17, 15) is 38.8 Å². The monoisotopic (exact) mass is 462 g/mol. The molecule has 0 aliphatic heterocycles. The zero-order valence-corrected chi connectivity index (χ0v) is 16.6. The molecule has 6 nitrogen and oxygen atoms in total. The van der Waals surface area contributed by atoms with Crippen LogP contribution in [-0.2, 0) is 24.8 Å². The van der Waals surface area contributed by atoms with E-state index < -0.39 is 66.4 Å². The summed E-state index contributed by atoms with van der Waals surface area (Å²) in [6, 6.07) is 1.08. The summed E-state index contributed by atoms with van der Waals surface area (Å²) < 4.78 is 116. The third kappa shape index (κ3) is 4.78. The number of benzene rings is 1. The lowest BCUT2D eigenvalue weighted by Gasteiger charge is -2.40. The summed E-state index contributed by atoms with van der Waals surface area (Å²) in [5.74, 6) is -1.88. The van der Waals surface area contributed by atoms with E-state index in [-0.39, 0.29) is 19.4 Å². The Morgan fingerprint density at radius 3 is 2.24 bits per heavy atom. The maximum absolute atomic E-state index is 14.4. The third-order valence-corrected chi connectivity index (χ3v) is 8.23. The Labute approximate surface area is 165 Å². The molecule has 29 heavy (non-hydrogen) atoms. The van der Waals surface area contributed by atoms with Crippen molar-refractivity contribution in [2.24, 2.45) is 0 Å². The van der Waals surface area contributed by atoms with E-state index in [4.69, 9.17) is 0 Å². The van der Waals surface area contributed by atoms with E-state index in [1.807, 2.05) is 0 Å². The van der Waals surface area contributed by atoms with E-state index in [0.29, 0.717) is 0 Å². The van der Waals surface area contributed by atoms with Crippen molar-refractivity contribution in [1.82, 2.24) is 9.44 Å². The fourth-order valence-electron chi connectivity index (χ4n) is 3.32. The molecular weight excluding hydrogens is 443 g/mol. The minimum atomic E-state index is -5.63. The van der Waals surface area contributed by atoms with Crippen molar-refractivity contribution in [3.63, 3.8) is 0 Å². The first-order valence-electron chi connectivity index (χ1n) is 8.40. The second-order valence-electron chi connectivity index (χ2n) is 6.60. The molecule has 1 aliphatic rings. The van der Waals surface area contributed by atoms with E-state index in [2.05, 4.69) is 11.3 Å². The molecule has 0 saturated heterocycles. The fraction of sp³-hybridized carbons (Fsp3) is 0.500. The van der Waals surface area contributed by atoms with Crippen molar-refractivity contribution in [3.8, 4) is 0 Å². The van der Waals surface area contributed by atoms with Gasteiger partial charge in [0.25, 0.3) is 0 Å². The highest BCUT2D eigenvalue weighted by Gasteiger charge is 2.52. The van der Waals surface area contributed by atoms with Crippen LogP contribution in [0.3, 0.4) is 0 Å². The van der Waals surface area contributed by atoms with Crippen LogP contribution >= 0.6 is 0 Å². The molecule has 0 radical (unpaired) electrons. The Balaban J connectivity index is 2.41. The van der Waals surface area contributed by atoms with Gasteiger partial charge in [-0.1, -0.05) is 6.08 Å². The lowest BCUT2D eigenvalue weighted by Crippen LogP contribution is -2.51. The average Bonchev–Trinajstić information content (AvgIpc) is 2.61. The Bertz CT molecular complexity index is 970. The first kappa shape index (κ1) is 23.7. The third-order valence-electron chi connectivity index (χ3n) is 4.77. The maximum atomic E-state index is 14.4. The van der Waals surface area contributed by atoms with Crippen molar-refractivity contribution in [2.75, 3.05) is 6.54 Å². The lowest BCUT2D eigenvalue weighted by molar-refractivity contribution is -0.0452. The zero-order valence-electron chi connectivity index (χ0n) is 15.0. The van der Waals surface area contributed by atoms with Crippen LogP contribution in [0.1, 0.15) is 31.2 Å². The van der Waals surface area contributed by atoms with Gasteiger partial charge in [-0.15, -0.1) is 6.58 Å². The van der Waals surface area contributed by atoms with E-state index in [1.165, 1.54) is 10.8 Å². The van der Waals surface area contributed by atoms with Gasteiger partial charge in [-0.2, -0.15) is 13.2 Å². The molecule has 1 saturated carbocycles. The van der Waals surface area contributed by atoms with Crippen molar-refractivity contribution >= 4 is 20.0 Å². The second-order valence-corrected chi connectivity index (χ2v) is 10.4. The van der Waals surface area contributed by atoms with Gasteiger partial charge < -0.3 is 0 Å². The lowest BCUT2D eigenvalue weighted by atomic mass is 9.81. The fourth-order valence-corrected chi connectivity index (χ4v) is 5.97. The van der Waals surface area contributed by atoms with Gasteiger partial charge in [0, 0.05) is 18.2 Å². The Hall–Kier alpha value is -1.57. The van der Waals surface area contributed by atoms with Crippen LogP contribution in [0.5, 0.6) is 0 Å². The van der Waals surface area contributed by atoms with Gasteiger partial charge in [0.1, 0.15) is 16.4 Å². The van der Waals surface area contributed by atoms with Crippen molar-refractivity contribution in [1.29, 1.82) is 0 Å². The zero-order chi connectivity index (χ0) is 22.1. The number of rotatable bonds is 7. The molecule has 164 valence electrons. The molecule has 1 aromatic carbocycles. The van der Waals surface area contributed by atoms with Gasteiger partial charge in [0.2, 0.25) is 10.0 Å². The van der Waals surface area contributed by atoms with Gasteiger partial charge in [0.05, 0.1) is 0 Å². The summed E-state index contributed by atoms with van der Waals surface area (Å²) >= 11 is 0. The number of hydrogen-bond donors (Lipinski definition) is 2. The first-order valence-corrected chi connectivity index (χ1v) is 11.4. The molecule has 0 amide bonds. The SMILES string of the molecule is C=CCNS(=O)(=O)C1(c2cc(F)ccc2F)CCC(NS(=O)(=O)C(F)(F)F)CC1. The van der Waals surface area contributed by atoms with Crippen molar-refractivity contribution < 1.29 is 38.8 Å². The highest BCUT2D eigenvalue weighted by Crippen LogP contribution is 2.45. The molecule has 2 N–H and O–H groups in total. The van der Waals surface area contributed by atoms with E-state index in [0.717, 1.165) is 18.2 Å². The topological polar surface area (TPSA) is 92.3 Å². The number of sulfonamides is 2. The summed E-state index contributed by atoms with van der Waals surface area (Å²) in [5, 5.41) is 0. The second kappa shape index (κ2) is 8.28. The van der Waals surface area contributed by atoms with Crippen LogP contribution in [0.2, 0.25) is 0 Å². The molecule has 0 atom stereocenters. The van der Waals surface area contributed by atoms with Gasteiger partial charge in [-0.25, -0.2) is 35.1 Å². The van der Waals surface area contributed by atoms with E-state index >= 15 is 0 Å². The van der Waals surface area contributed by atoms with Crippen LogP contribution < -0.4 is 9.44 Å². The standard InChI is InChI=1S/C16H19F5N2O4S2/c1-2-9-22-28(24,25)15(13-10-11(17)3-4-14(13)18)7-5-12(6-8-15)23-29(26,27)16(19,20)21/h2-4,10,12,22-23H,1,5-9H2. The largest absolute Gasteiger partial charge is 0.511 e. The average molecular weight is 462 g/mol. The molecule has 1 aliphatic carbocycles. The smallest absolute Gasteiger partial charge is 0.211 e. The minimum Gasteiger partial charge on any atom is -0.211 e. The highest BCUT2D eigenvalue weighted by molar-refractivity contribution is 7.90. The normalized spacial score (nSPS) is 23.7. The van der Waals surface area contributed by atoms with Crippen LogP contribution in [0.25, 0.3) is 0 Å². The maximum Gasteiger partial charge on any atom is 0.511 e. The van der Waals surface area contributed by atoms with Crippen molar-refractivity contribution in [2.45, 2.75) is 42.0 Å². The van der Waals surface area contributed by atoms with E-state index in [1.54, 1.807) is 0 Å². The Morgan fingerprint density at radius 2 is 1.72 bits per heavy atom. The molecule has 0 aromatic heterocycles. The number of hydrogen-bond acceptors (Lipinski definition) is 4. The quantitative estimate of drug-likeness (QED) is 0.482. The summed E-state index contributed by atoms with van der Waals surface area (Å²) in [7, 11) is -9.95. The molecule has 13 heteroatoms. The van der Waals surface area contributed by atoms with Gasteiger partial charge >= 0.3 is 15.5 Å². The molecule has 0 bridgehead atoms. The van der Waals surface area contributed by atoms with Crippen LogP contribution in [0.4, 0.5) is 22.0 Å². The van der Waals surface area contributed by atoms with Gasteiger partial charge in [-0.3, -0.25) is 0 Å². The Kier molecular flexibility index (Phi) is 6.77. The minimum absolute atomic E-state index is 0.203. The first-order chi connectivity index (χ1) is 13.3. The summed E-state index contributed by atoms with van der Waals surface area (Å²) in [6.45, 7) is 3.16. The van der Waals surface area contributed by atoms with Crippen LogP contribution in [0, 0.1) is 11.6 Å². The summed E-state index contributed by atoms with van der Waals surface area (Å²) in [4.78, 5) is 0. The molecule has 1 aromatic rings.